The highest BCUT2D eigenvalue weighted by Gasteiger charge is 1.94. The Hall–Kier alpha value is -0.890. The highest BCUT2D eigenvalue weighted by Crippen LogP contribution is 2.13. The van der Waals surface area contributed by atoms with Gasteiger partial charge < -0.3 is 4.74 Å². The molecule has 0 radical (unpaired) electrons. The van der Waals surface area contributed by atoms with Crippen LogP contribution in [-0.2, 0) is 0 Å². The van der Waals surface area contributed by atoms with Crippen LogP contribution in [0.1, 0.15) is 12.5 Å². The largest absolute Gasteiger partial charge is 0.493 e. The van der Waals surface area contributed by atoms with Crippen molar-refractivity contribution in [2.75, 3.05) is 18.1 Å². The zero-order valence-electron chi connectivity index (χ0n) is 9.45. The molecule has 82 valence electrons. The monoisotopic (exact) mass is 222 g/mol. The summed E-state index contributed by atoms with van der Waals surface area (Å²) in [6.45, 7) is 8.75. The Kier molecular flexibility index (Phi) is 5.33. The van der Waals surface area contributed by atoms with Crippen LogP contribution < -0.4 is 4.74 Å². The smallest absolute Gasteiger partial charge is 0.119 e. The van der Waals surface area contributed by atoms with E-state index in [4.69, 9.17) is 4.74 Å². The Balaban J connectivity index is 2.17. The van der Waals surface area contributed by atoms with Crippen LogP contribution >= 0.6 is 11.8 Å². The van der Waals surface area contributed by atoms with Gasteiger partial charge in [0.15, 0.2) is 0 Å². The number of aryl methyl sites for hydroxylation is 1. The summed E-state index contributed by atoms with van der Waals surface area (Å²) in [7, 11) is 0. The van der Waals surface area contributed by atoms with Crippen LogP contribution in [0.3, 0.4) is 0 Å². The van der Waals surface area contributed by atoms with Gasteiger partial charge in [-0.1, -0.05) is 24.3 Å². The molecule has 0 heterocycles. The summed E-state index contributed by atoms with van der Waals surface area (Å²) >= 11 is 1.86. The van der Waals surface area contributed by atoms with E-state index in [1.165, 1.54) is 11.1 Å². The van der Waals surface area contributed by atoms with E-state index in [0.29, 0.717) is 0 Å². The minimum Gasteiger partial charge on any atom is -0.493 e. The molecule has 0 fully saturated rings. The molecule has 0 aliphatic carbocycles. The van der Waals surface area contributed by atoms with Crippen LogP contribution in [0.25, 0.3) is 0 Å². The van der Waals surface area contributed by atoms with E-state index in [1.807, 2.05) is 23.9 Å². The van der Waals surface area contributed by atoms with Crippen molar-refractivity contribution in [1.29, 1.82) is 0 Å². The lowest BCUT2D eigenvalue weighted by atomic mass is 10.2. The van der Waals surface area contributed by atoms with Crippen molar-refractivity contribution in [3.05, 3.63) is 42.0 Å². The highest BCUT2D eigenvalue weighted by atomic mass is 32.2. The molecule has 0 saturated carbocycles. The van der Waals surface area contributed by atoms with E-state index in [9.17, 15) is 0 Å². The van der Waals surface area contributed by atoms with E-state index in [0.717, 1.165) is 23.9 Å². The summed E-state index contributed by atoms with van der Waals surface area (Å²) in [6.07, 6.45) is 0. The first-order valence-corrected chi connectivity index (χ1v) is 6.25. The quantitative estimate of drug-likeness (QED) is 0.536. The Morgan fingerprint density at radius 2 is 2.27 bits per heavy atom. The van der Waals surface area contributed by atoms with Crippen molar-refractivity contribution in [2.45, 2.75) is 13.8 Å². The lowest BCUT2D eigenvalue weighted by Crippen LogP contribution is -2.00. The summed E-state index contributed by atoms with van der Waals surface area (Å²) in [5, 5.41) is 0. The first kappa shape index (κ1) is 12.2. The molecule has 15 heavy (non-hydrogen) atoms. The number of hydrogen-bond donors (Lipinski definition) is 0. The molecule has 2 heteroatoms. The average molecular weight is 222 g/mol. The number of hydrogen-bond acceptors (Lipinski definition) is 2. The van der Waals surface area contributed by atoms with E-state index in [2.05, 4.69) is 32.6 Å². The third-order valence-electron chi connectivity index (χ3n) is 1.83. The maximum absolute atomic E-state index is 5.62. The van der Waals surface area contributed by atoms with Gasteiger partial charge in [-0.25, -0.2) is 0 Å². The van der Waals surface area contributed by atoms with Gasteiger partial charge in [-0.05, 0) is 31.5 Å². The lowest BCUT2D eigenvalue weighted by molar-refractivity contribution is 0.344. The van der Waals surface area contributed by atoms with Crippen molar-refractivity contribution >= 4 is 11.8 Å². The molecule has 1 aromatic carbocycles. The maximum atomic E-state index is 5.62. The predicted octanol–water partition coefficient (Wildman–Crippen LogP) is 3.68. The van der Waals surface area contributed by atoms with Crippen LogP contribution in [0, 0.1) is 6.92 Å². The molecule has 0 saturated heterocycles. The Labute approximate surface area is 96.5 Å². The topological polar surface area (TPSA) is 9.23 Å². The predicted molar refractivity (Wildman–Crippen MR) is 68.8 cm³/mol. The third-order valence-corrected chi connectivity index (χ3v) is 2.99. The number of ether oxygens (including phenoxy) is 1. The SMILES string of the molecule is C=C(C)CSCCOc1cccc(C)c1. The molecular formula is C13H18OS. The van der Waals surface area contributed by atoms with Crippen molar-refractivity contribution in [3.63, 3.8) is 0 Å². The van der Waals surface area contributed by atoms with Gasteiger partial charge in [-0.2, -0.15) is 11.8 Å². The van der Waals surface area contributed by atoms with Crippen molar-refractivity contribution < 1.29 is 4.74 Å². The Bertz CT molecular complexity index is 320. The molecule has 0 N–H and O–H groups in total. The normalized spacial score (nSPS) is 10.0. The van der Waals surface area contributed by atoms with Gasteiger partial charge in [0, 0.05) is 11.5 Å². The lowest BCUT2D eigenvalue weighted by Gasteiger charge is -2.06. The molecule has 0 atom stereocenters. The van der Waals surface area contributed by atoms with E-state index < -0.39 is 0 Å². The van der Waals surface area contributed by atoms with E-state index in [-0.39, 0.29) is 0 Å². The maximum Gasteiger partial charge on any atom is 0.119 e. The van der Waals surface area contributed by atoms with Crippen molar-refractivity contribution in [1.82, 2.24) is 0 Å². The fourth-order valence-electron chi connectivity index (χ4n) is 1.17. The van der Waals surface area contributed by atoms with Gasteiger partial charge in [0.2, 0.25) is 0 Å². The van der Waals surface area contributed by atoms with Crippen LogP contribution in [0.5, 0.6) is 5.75 Å². The third kappa shape index (κ3) is 5.53. The van der Waals surface area contributed by atoms with E-state index in [1.54, 1.807) is 0 Å². The summed E-state index contributed by atoms with van der Waals surface area (Å²) in [6, 6.07) is 8.15. The molecule has 0 amide bonds. The Morgan fingerprint density at radius 3 is 2.93 bits per heavy atom. The minimum atomic E-state index is 0.765. The van der Waals surface area contributed by atoms with Gasteiger partial charge in [-0.3, -0.25) is 0 Å². The van der Waals surface area contributed by atoms with Crippen molar-refractivity contribution in [2.24, 2.45) is 0 Å². The molecule has 1 nitrogen and oxygen atoms in total. The van der Waals surface area contributed by atoms with Gasteiger partial charge in [0.1, 0.15) is 5.75 Å². The summed E-state index contributed by atoms with van der Waals surface area (Å²) < 4.78 is 5.62. The number of rotatable bonds is 6. The molecule has 0 aromatic heterocycles. The van der Waals surface area contributed by atoms with Crippen LogP contribution in [-0.4, -0.2) is 18.1 Å². The second kappa shape index (κ2) is 6.57. The first-order chi connectivity index (χ1) is 7.18. The zero-order chi connectivity index (χ0) is 11.1. The van der Waals surface area contributed by atoms with Gasteiger partial charge in [0.25, 0.3) is 0 Å². The highest BCUT2D eigenvalue weighted by molar-refractivity contribution is 7.99. The molecule has 1 rings (SSSR count). The number of benzene rings is 1. The first-order valence-electron chi connectivity index (χ1n) is 5.10. The second-order valence-electron chi connectivity index (χ2n) is 3.67. The summed E-state index contributed by atoms with van der Waals surface area (Å²) in [4.78, 5) is 0. The van der Waals surface area contributed by atoms with E-state index >= 15 is 0 Å². The minimum absolute atomic E-state index is 0.765. The standard InChI is InChI=1S/C13H18OS/c1-11(2)10-15-8-7-14-13-6-4-5-12(3)9-13/h4-6,9H,1,7-8,10H2,2-3H3. The fraction of sp³-hybridized carbons (Fsp3) is 0.385. The average Bonchev–Trinajstić information content (AvgIpc) is 2.17. The van der Waals surface area contributed by atoms with Gasteiger partial charge in [-0.15, -0.1) is 0 Å². The van der Waals surface area contributed by atoms with Gasteiger partial charge in [0.05, 0.1) is 6.61 Å². The molecule has 0 unspecified atom stereocenters. The van der Waals surface area contributed by atoms with Crippen LogP contribution in [0.15, 0.2) is 36.4 Å². The number of thioether (sulfide) groups is 1. The second-order valence-corrected chi connectivity index (χ2v) is 4.78. The summed E-state index contributed by atoms with van der Waals surface area (Å²) in [5.74, 6) is 3.00. The summed E-state index contributed by atoms with van der Waals surface area (Å²) in [5.41, 5.74) is 2.46. The molecule has 1 aromatic rings. The van der Waals surface area contributed by atoms with Gasteiger partial charge >= 0.3 is 0 Å². The molecule has 0 bridgehead atoms. The zero-order valence-corrected chi connectivity index (χ0v) is 10.3. The molecule has 0 aliphatic rings. The molecular weight excluding hydrogens is 204 g/mol. The van der Waals surface area contributed by atoms with Crippen molar-refractivity contribution in [3.8, 4) is 5.75 Å². The molecule has 0 aliphatic heterocycles. The fourth-order valence-corrected chi connectivity index (χ4v) is 1.86. The van der Waals surface area contributed by atoms with Crippen LogP contribution in [0.4, 0.5) is 0 Å². The van der Waals surface area contributed by atoms with Crippen LogP contribution in [0.2, 0.25) is 0 Å². The molecule has 0 spiro atoms. The Morgan fingerprint density at radius 1 is 1.47 bits per heavy atom.